The highest BCUT2D eigenvalue weighted by molar-refractivity contribution is 4.84. The molecule has 1 rings (SSSR count). The van der Waals surface area contributed by atoms with Gasteiger partial charge in [-0.15, -0.1) is 0 Å². The molecule has 1 saturated heterocycles. The van der Waals surface area contributed by atoms with Crippen molar-refractivity contribution >= 4 is 0 Å². The molecule has 0 saturated carbocycles. The Kier molecular flexibility index (Phi) is 1.03. The van der Waals surface area contributed by atoms with Crippen LogP contribution in [0, 0.1) is 0 Å². The Morgan fingerprint density at radius 3 is 2.00 bits per heavy atom. The molecule has 3 atom stereocenters. The van der Waals surface area contributed by atoms with E-state index in [2.05, 4.69) is 0 Å². The fourth-order valence-corrected chi connectivity index (χ4v) is 0.607. The molecule has 1 aliphatic rings. The van der Waals surface area contributed by atoms with Crippen LogP contribution in [0.25, 0.3) is 0 Å². The number of hydrogen-bond donors (Lipinski definition) is 2. The van der Waals surface area contributed by atoms with E-state index in [0.717, 1.165) is 0 Å². The maximum Gasteiger partial charge on any atom is 0.123 e. The van der Waals surface area contributed by atoms with Crippen LogP contribution in [0.3, 0.4) is 0 Å². The molecule has 1 fully saturated rings. The van der Waals surface area contributed by atoms with Crippen LogP contribution >= 0.6 is 0 Å². The molecule has 42 valence electrons. The van der Waals surface area contributed by atoms with Gasteiger partial charge in [-0.3, -0.25) is 0 Å². The van der Waals surface area contributed by atoms with E-state index in [4.69, 9.17) is 16.2 Å². The Hall–Kier alpha value is -0.120. The summed E-state index contributed by atoms with van der Waals surface area (Å²) in [4.78, 5) is 0. The summed E-state index contributed by atoms with van der Waals surface area (Å²) in [6.07, 6.45) is -0.0509. The van der Waals surface area contributed by atoms with E-state index >= 15 is 0 Å². The maximum absolute atomic E-state index is 5.42. The van der Waals surface area contributed by atoms with E-state index in [0.29, 0.717) is 0 Å². The molecule has 0 aromatic carbocycles. The van der Waals surface area contributed by atoms with E-state index < -0.39 is 0 Å². The Morgan fingerprint density at radius 1 is 1.43 bits per heavy atom. The predicted molar refractivity (Wildman–Crippen MR) is 26.5 cm³/mol. The van der Waals surface area contributed by atoms with E-state index in [1.165, 1.54) is 0 Å². The molecule has 0 radical (unpaired) electrons. The standard InChI is InChI=1S/C4H10N2O/c1-2-3(5)4(6)7-2/h2-4H,5-6H2,1H3. The zero-order valence-electron chi connectivity index (χ0n) is 4.29. The van der Waals surface area contributed by atoms with Crippen molar-refractivity contribution in [1.29, 1.82) is 0 Å². The molecule has 0 aromatic rings. The molecule has 3 heteroatoms. The number of hydrogen-bond acceptors (Lipinski definition) is 3. The van der Waals surface area contributed by atoms with Gasteiger partial charge in [0, 0.05) is 0 Å². The normalized spacial score (nSPS) is 51.0. The van der Waals surface area contributed by atoms with Crippen LogP contribution in [0.1, 0.15) is 6.92 Å². The minimum absolute atomic E-state index is 0.0556. The molecule has 1 heterocycles. The molecule has 3 unspecified atom stereocenters. The molecule has 0 spiro atoms. The lowest BCUT2D eigenvalue weighted by Gasteiger charge is -2.37. The van der Waals surface area contributed by atoms with Gasteiger partial charge in [0.15, 0.2) is 0 Å². The molecular formula is C4H10N2O. The highest BCUT2D eigenvalue weighted by Crippen LogP contribution is 2.12. The van der Waals surface area contributed by atoms with Gasteiger partial charge in [0.2, 0.25) is 0 Å². The Bertz CT molecular complexity index is 68.1. The number of ether oxygens (including phenoxy) is 1. The van der Waals surface area contributed by atoms with Crippen LogP contribution in [0.15, 0.2) is 0 Å². The summed E-state index contributed by atoms with van der Waals surface area (Å²) in [5, 5.41) is 0. The van der Waals surface area contributed by atoms with Crippen LogP contribution in [-0.4, -0.2) is 18.4 Å². The van der Waals surface area contributed by atoms with Gasteiger partial charge in [0.1, 0.15) is 6.23 Å². The molecule has 7 heavy (non-hydrogen) atoms. The fraction of sp³-hybridized carbons (Fsp3) is 1.00. The molecule has 4 N–H and O–H groups in total. The lowest BCUT2D eigenvalue weighted by molar-refractivity contribution is -0.130. The van der Waals surface area contributed by atoms with Crippen molar-refractivity contribution < 1.29 is 4.74 Å². The van der Waals surface area contributed by atoms with Crippen molar-refractivity contribution in [2.75, 3.05) is 0 Å². The minimum atomic E-state index is -0.213. The second-order valence-corrected chi connectivity index (χ2v) is 1.88. The molecule has 0 aliphatic carbocycles. The first-order valence-electron chi connectivity index (χ1n) is 2.38. The predicted octanol–water partition coefficient (Wildman–Crippen LogP) is -0.983. The summed E-state index contributed by atoms with van der Waals surface area (Å²) in [5.41, 5.74) is 10.7. The largest absolute Gasteiger partial charge is 0.357 e. The average Bonchev–Trinajstić information content (AvgIpc) is 1.68. The van der Waals surface area contributed by atoms with Crippen molar-refractivity contribution in [3.05, 3.63) is 0 Å². The van der Waals surface area contributed by atoms with Crippen LogP contribution < -0.4 is 11.5 Å². The van der Waals surface area contributed by atoms with E-state index in [-0.39, 0.29) is 18.4 Å². The van der Waals surface area contributed by atoms with E-state index in [1.54, 1.807) is 0 Å². The monoisotopic (exact) mass is 102 g/mol. The van der Waals surface area contributed by atoms with Gasteiger partial charge in [-0.05, 0) is 6.92 Å². The van der Waals surface area contributed by atoms with E-state index in [1.807, 2.05) is 6.92 Å². The number of rotatable bonds is 0. The summed E-state index contributed by atoms with van der Waals surface area (Å²) in [6, 6.07) is 0.0556. The average molecular weight is 102 g/mol. The Morgan fingerprint density at radius 2 is 2.00 bits per heavy atom. The zero-order valence-corrected chi connectivity index (χ0v) is 4.29. The summed E-state index contributed by atoms with van der Waals surface area (Å²) in [5.74, 6) is 0. The van der Waals surface area contributed by atoms with Crippen molar-refractivity contribution in [2.45, 2.75) is 25.3 Å². The highest BCUT2D eigenvalue weighted by atomic mass is 16.5. The second-order valence-electron chi connectivity index (χ2n) is 1.88. The van der Waals surface area contributed by atoms with Crippen LogP contribution in [-0.2, 0) is 4.74 Å². The van der Waals surface area contributed by atoms with Gasteiger partial charge in [-0.2, -0.15) is 0 Å². The Balaban J connectivity index is 2.29. The number of nitrogens with two attached hydrogens (primary N) is 2. The molecule has 3 nitrogen and oxygen atoms in total. The van der Waals surface area contributed by atoms with Gasteiger partial charge in [0.05, 0.1) is 12.1 Å². The van der Waals surface area contributed by atoms with Crippen molar-refractivity contribution in [1.82, 2.24) is 0 Å². The summed E-state index contributed by atoms with van der Waals surface area (Å²) in [7, 11) is 0. The van der Waals surface area contributed by atoms with Crippen LogP contribution in [0.4, 0.5) is 0 Å². The third-order valence-corrected chi connectivity index (χ3v) is 1.29. The lowest BCUT2D eigenvalue weighted by atomic mass is 10.1. The van der Waals surface area contributed by atoms with Gasteiger partial charge < -0.3 is 16.2 Å². The summed E-state index contributed by atoms with van der Waals surface area (Å²) >= 11 is 0. The third-order valence-electron chi connectivity index (χ3n) is 1.29. The first-order valence-corrected chi connectivity index (χ1v) is 2.38. The van der Waals surface area contributed by atoms with Crippen LogP contribution in [0.2, 0.25) is 0 Å². The quantitative estimate of drug-likeness (QED) is 0.413. The van der Waals surface area contributed by atoms with Gasteiger partial charge in [-0.1, -0.05) is 0 Å². The first kappa shape index (κ1) is 5.03. The lowest BCUT2D eigenvalue weighted by Crippen LogP contribution is -2.61. The van der Waals surface area contributed by atoms with Gasteiger partial charge in [-0.25, -0.2) is 0 Å². The minimum Gasteiger partial charge on any atom is -0.357 e. The van der Waals surface area contributed by atoms with E-state index in [9.17, 15) is 0 Å². The summed E-state index contributed by atoms with van der Waals surface area (Å²) in [6.45, 7) is 1.91. The zero-order chi connectivity index (χ0) is 5.44. The van der Waals surface area contributed by atoms with Crippen molar-refractivity contribution in [3.8, 4) is 0 Å². The smallest absolute Gasteiger partial charge is 0.123 e. The molecular weight excluding hydrogens is 92.1 g/mol. The van der Waals surface area contributed by atoms with Crippen LogP contribution in [0.5, 0.6) is 0 Å². The second kappa shape index (κ2) is 1.43. The molecule has 1 aliphatic heterocycles. The third kappa shape index (κ3) is 0.627. The Labute approximate surface area is 42.6 Å². The fourth-order valence-electron chi connectivity index (χ4n) is 0.607. The molecule has 0 bridgehead atoms. The topological polar surface area (TPSA) is 61.3 Å². The van der Waals surface area contributed by atoms with Gasteiger partial charge >= 0.3 is 0 Å². The van der Waals surface area contributed by atoms with Crippen molar-refractivity contribution in [3.63, 3.8) is 0 Å². The molecule has 0 amide bonds. The maximum atomic E-state index is 5.42. The van der Waals surface area contributed by atoms with Gasteiger partial charge in [0.25, 0.3) is 0 Å². The first-order chi connectivity index (χ1) is 3.22. The molecule has 0 aromatic heterocycles. The SMILES string of the molecule is CC1OC(N)C1N. The van der Waals surface area contributed by atoms with Crippen molar-refractivity contribution in [2.24, 2.45) is 11.5 Å². The highest BCUT2D eigenvalue weighted by Gasteiger charge is 2.32. The summed E-state index contributed by atoms with van der Waals surface area (Å²) < 4.78 is 4.90.